The molecular weight excluding hydrogens is 340 g/mol. The third-order valence-electron chi connectivity index (χ3n) is 3.28. The van der Waals surface area contributed by atoms with E-state index in [1.807, 2.05) is 12.3 Å². The fraction of sp³-hybridized carbons (Fsp3) is 0.500. The number of carbonyl (C=O) groups excluding carboxylic acids is 1. The molecule has 4 nitrogen and oxygen atoms in total. The Morgan fingerprint density at radius 2 is 2.12 bits per heavy atom. The summed E-state index contributed by atoms with van der Waals surface area (Å²) in [6.07, 6.45) is 1.84. The van der Waals surface area contributed by atoms with E-state index >= 15 is 0 Å². The van der Waals surface area contributed by atoms with Crippen molar-refractivity contribution in [1.29, 1.82) is 0 Å². The van der Waals surface area contributed by atoms with Gasteiger partial charge in [-0.2, -0.15) is 0 Å². The summed E-state index contributed by atoms with van der Waals surface area (Å²) in [5.41, 5.74) is 0.664. The third kappa shape index (κ3) is 2.08. The first kappa shape index (κ1) is 12.2. The van der Waals surface area contributed by atoms with Gasteiger partial charge in [0, 0.05) is 28.9 Å². The van der Waals surface area contributed by atoms with Crippen molar-refractivity contribution in [2.24, 2.45) is 11.8 Å². The summed E-state index contributed by atoms with van der Waals surface area (Å²) in [7, 11) is 0. The minimum Gasteiger partial charge on any atom is -0.356 e. The van der Waals surface area contributed by atoms with E-state index in [0.29, 0.717) is 23.6 Å². The number of fused-ring (bicyclic) bond motifs is 1. The van der Waals surface area contributed by atoms with Crippen LogP contribution in [0.15, 0.2) is 12.3 Å². The Kier molecular flexibility index (Phi) is 3.46. The van der Waals surface area contributed by atoms with Crippen LogP contribution in [0.2, 0.25) is 0 Å². The highest BCUT2D eigenvalue weighted by atomic mass is 127. The van der Waals surface area contributed by atoms with E-state index in [1.165, 1.54) is 0 Å². The molecule has 1 saturated heterocycles. The second kappa shape index (κ2) is 4.54. The van der Waals surface area contributed by atoms with Crippen LogP contribution in [0.3, 0.4) is 0 Å². The van der Waals surface area contributed by atoms with Gasteiger partial charge in [-0.25, -0.2) is 0 Å². The maximum atomic E-state index is 11.8. The second-order valence-corrected chi connectivity index (χ2v) is 5.46. The molecule has 2 unspecified atom stereocenters. The van der Waals surface area contributed by atoms with Gasteiger partial charge in [0.15, 0.2) is 0 Å². The SMILES string of the molecule is Cl.O=C(NC1C2CNCC21)c1cc(I)c[nH]1. The lowest BCUT2D eigenvalue weighted by molar-refractivity contribution is 0.0942. The maximum Gasteiger partial charge on any atom is 0.267 e. The summed E-state index contributed by atoms with van der Waals surface area (Å²) in [6, 6.07) is 2.27. The molecular formula is C10H13ClIN3O. The summed E-state index contributed by atoms with van der Waals surface area (Å²) in [6.45, 7) is 2.11. The number of piperidine rings is 1. The molecule has 2 heterocycles. The zero-order valence-electron chi connectivity index (χ0n) is 8.50. The normalized spacial score (nSPS) is 30.4. The van der Waals surface area contributed by atoms with E-state index in [9.17, 15) is 4.79 Å². The molecule has 3 rings (SSSR count). The van der Waals surface area contributed by atoms with Gasteiger partial charge in [0.1, 0.15) is 5.69 Å². The fourth-order valence-electron chi connectivity index (χ4n) is 2.36. The molecule has 3 N–H and O–H groups in total. The first-order valence-electron chi connectivity index (χ1n) is 5.11. The zero-order chi connectivity index (χ0) is 10.4. The molecule has 1 aromatic heterocycles. The van der Waals surface area contributed by atoms with Crippen molar-refractivity contribution in [1.82, 2.24) is 15.6 Å². The summed E-state index contributed by atoms with van der Waals surface area (Å²) >= 11 is 2.19. The monoisotopic (exact) mass is 353 g/mol. The number of aromatic amines is 1. The average Bonchev–Trinajstić information content (AvgIpc) is 2.66. The molecule has 2 atom stereocenters. The van der Waals surface area contributed by atoms with E-state index in [0.717, 1.165) is 16.7 Å². The van der Waals surface area contributed by atoms with Crippen LogP contribution in [-0.2, 0) is 0 Å². The molecule has 1 saturated carbocycles. The molecule has 0 aromatic carbocycles. The Hall–Kier alpha value is -0.270. The van der Waals surface area contributed by atoms with Gasteiger partial charge in [-0.1, -0.05) is 0 Å². The second-order valence-electron chi connectivity index (χ2n) is 4.22. The van der Waals surface area contributed by atoms with Crippen LogP contribution in [0.1, 0.15) is 10.5 Å². The molecule has 88 valence electrons. The lowest BCUT2D eigenvalue weighted by Crippen LogP contribution is -2.32. The van der Waals surface area contributed by atoms with Crippen molar-refractivity contribution in [3.8, 4) is 0 Å². The van der Waals surface area contributed by atoms with Gasteiger partial charge >= 0.3 is 0 Å². The lowest BCUT2D eigenvalue weighted by atomic mass is 10.3. The highest BCUT2D eigenvalue weighted by Gasteiger charge is 2.53. The van der Waals surface area contributed by atoms with Gasteiger partial charge in [-0.05, 0) is 40.5 Å². The summed E-state index contributed by atoms with van der Waals surface area (Å²) in [4.78, 5) is 14.7. The van der Waals surface area contributed by atoms with Crippen LogP contribution in [0.4, 0.5) is 0 Å². The molecule has 2 aliphatic rings. The van der Waals surface area contributed by atoms with Crippen LogP contribution < -0.4 is 10.6 Å². The van der Waals surface area contributed by atoms with Gasteiger partial charge in [0.25, 0.3) is 5.91 Å². The van der Waals surface area contributed by atoms with Crippen LogP contribution >= 0.6 is 35.0 Å². The van der Waals surface area contributed by atoms with Crippen LogP contribution in [0.25, 0.3) is 0 Å². The zero-order valence-corrected chi connectivity index (χ0v) is 11.5. The van der Waals surface area contributed by atoms with E-state index < -0.39 is 0 Å². The van der Waals surface area contributed by atoms with Crippen molar-refractivity contribution in [2.75, 3.05) is 13.1 Å². The maximum absolute atomic E-state index is 11.8. The van der Waals surface area contributed by atoms with E-state index in [1.54, 1.807) is 0 Å². The van der Waals surface area contributed by atoms with Gasteiger partial charge in [-0.3, -0.25) is 4.79 Å². The number of carbonyl (C=O) groups is 1. The molecule has 0 radical (unpaired) electrons. The molecule has 1 aromatic rings. The van der Waals surface area contributed by atoms with E-state index in [-0.39, 0.29) is 18.3 Å². The van der Waals surface area contributed by atoms with E-state index in [4.69, 9.17) is 0 Å². The Morgan fingerprint density at radius 1 is 1.44 bits per heavy atom. The fourth-order valence-corrected chi connectivity index (χ4v) is 2.83. The Morgan fingerprint density at radius 3 is 2.69 bits per heavy atom. The summed E-state index contributed by atoms with van der Waals surface area (Å²) in [5, 5.41) is 6.38. The van der Waals surface area contributed by atoms with Crippen molar-refractivity contribution < 1.29 is 4.79 Å². The highest BCUT2D eigenvalue weighted by Crippen LogP contribution is 2.41. The smallest absolute Gasteiger partial charge is 0.267 e. The molecule has 1 aliphatic heterocycles. The van der Waals surface area contributed by atoms with Gasteiger partial charge < -0.3 is 15.6 Å². The van der Waals surface area contributed by atoms with Crippen molar-refractivity contribution in [2.45, 2.75) is 6.04 Å². The Labute approximate surface area is 113 Å². The number of hydrogen-bond donors (Lipinski definition) is 3. The van der Waals surface area contributed by atoms with Gasteiger partial charge in [0.2, 0.25) is 0 Å². The quantitative estimate of drug-likeness (QED) is 0.695. The molecule has 16 heavy (non-hydrogen) atoms. The number of hydrogen-bond acceptors (Lipinski definition) is 2. The standard InChI is InChI=1S/C10H12IN3O.ClH/c11-5-1-8(13-2-5)10(15)14-9-6-3-12-4-7(6)9;/h1-2,6-7,9,12-13H,3-4H2,(H,14,15);1H. The number of H-pyrrole nitrogens is 1. The minimum atomic E-state index is 0. The molecule has 1 aliphatic carbocycles. The average molecular weight is 354 g/mol. The van der Waals surface area contributed by atoms with Gasteiger partial charge in [-0.15, -0.1) is 12.4 Å². The number of nitrogens with one attached hydrogen (secondary N) is 3. The summed E-state index contributed by atoms with van der Waals surface area (Å²) in [5.74, 6) is 1.36. The largest absolute Gasteiger partial charge is 0.356 e. The van der Waals surface area contributed by atoms with Crippen molar-refractivity contribution in [3.63, 3.8) is 0 Å². The predicted molar refractivity (Wildman–Crippen MR) is 71.9 cm³/mol. The van der Waals surface area contributed by atoms with Gasteiger partial charge in [0.05, 0.1) is 0 Å². The van der Waals surface area contributed by atoms with Crippen LogP contribution in [-0.4, -0.2) is 30.0 Å². The first-order valence-corrected chi connectivity index (χ1v) is 6.19. The summed E-state index contributed by atoms with van der Waals surface area (Å²) < 4.78 is 1.07. The molecule has 0 bridgehead atoms. The number of amides is 1. The Bertz CT molecular complexity index is 399. The number of halogens is 2. The topological polar surface area (TPSA) is 56.9 Å². The van der Waals surface area contributed by atoms with Crippen molar-refractivity contribution >= 4 is 40.9 Å². The molecule has 2 fully saturated rings. The lowest BCUT2D eigenvalue weighted by Gasteiger charge is -2.06. The minimum absolute atomic E-state index is 0. The number of aromatic nitrogens is 1. The third-order valence-corrected chi connectivity index (χ3v) is 3.90. The predicted octanol–water partition coefficient (Wildman–Crippen LogP) is 0.989. The van der Waals surface area contributed by atoms with Crippen LogP contribution in [0, 0.1) is 15.4 Å². The number of rotatable bonds is 2. The molecule has 0 spiro atoms. The van der Waals surface area contributed by atoms with Crippen LogP contribution in [0.5, 0.6) is 0 Å². The molecule has 1 amide bonds. The Balaban J connectivity index is 0.000000963. The van der Waals surface area contributed by atoms with Crippen molar-refractivity contribution in [3.05, 3.63) is 21.5 Å². The first-order chi connectivity index (χ1) is 7.25. The molecule has 6 heteroatoms. The highest BCUT2D eigenvalue weighted by molar-refractivity contribution is 14.1. The van der Waals surface area contributed by atoms with E-state index in [2.05, 4.69) is 38.2 Å².